The van der Waals surface area contributed by atoms with E-state index in [-0.39, 0.29) is 24.6 Å². The fourth-order valence-corrected chi connectivity index (χ4v) is 0.829. The highest BCUT2D eigenvalue weighted by atomic mass is 16.5. The van der Waals surface area contributed by atoms with Crippen LogP contribution in [-0.2, 0) is 14.3 Å². The van der Waals surface area contributed by atoms with Crippen molar-refractivity contribution < 1.29 is 14.3 Å². The standard InChI is InChI=1S/C11H19NO3/c1-4-9-15-11(14)6-5-10(13)7-8-12(2)3/h7-8H,4-6,9H2,1-3H3. The third-order valence-electron chi connectivity index (χ3n) is 1.60. The molecule has 0 atom stereocenters. The van der Waals surface area contributed by atoms with Crippen molar-refractivity contribution in [2.24, 2.45) is 0 Å². The van der Waals surface area contributed by atoms with Crippen LogP contribution in [0.3, 0.4) is 0 Å². The molecule has 0 amide bonds. The zero-order chi connectivity index (χ0) is 11.7. The third-order valence-corrected chi connectivity index (χ3v) is 1.60. The van der Waals surface area contributed by atoms with Crippen molar-refractivity contribution in [3.05, 3.63) is 12.3 Å². The Hall–Kier alpha value is -1.32. The number of carbonyl (C=O) groups is 2. The van der Waals surface area contributed by atoms with Crippen molar-refractivity contribution in [2.45, 2.75) is 26.2 Å². The van der Waals surface area contributed by atoms with Gasteiger partial charge < -0.3 is 9.64 Å². The first-order chi connectivity index (χ1) is 7.06. The summed E-state index contributed by atoms with van der Waals surface area (Å²) in [6, 6.07) is 0. The summed E-state index contributed by atoms with van der Waals surface area (Å²) in [6.07, 6.45) is 4.32. The number of hydrogen-bond acceptors (Lipinski definition) is 4. The summed E-state index contributed by atoms with van der Waals surface area (Å²) < 4.78 is 4.84. The van der Waals surface area contributed by atoms with Crippen molar-refractivity contribution in [3.8, 4) is 0 Å². The van der Waals surface area contributed by atoms with Crippen LogP contribution < -0.4 is 0 Å². The van der Waals surface area contributed by atoms with Gasteiger partial charge in [-0.2, -0.15) is 0 Å². The molecule has 15 heavy (non-hydrogen) atoms. The minimum atomic E-state index is -0.302. The number of ether oxygens (including phenoxy) is 1. The van der Waals surface area contributed by atoms with Crippen LogP contribution in [0.4, 0.5) is 0 Å². The highest BCUT2D eigenvalue weighted by Gasteiger charge is 2.05. The van der Waals surface area contributed by atoms with Gasteiger partial charge >= 0.3 is 5.97 Å². The molecule has 0 fully saturated rings. The summed E-state index contributed by atoms with van der Waals surface area (Å²) in [7, 11) is 3.67. The SMILES string of the molecule is CCCOC(=O)CCC(=O)C=CN(C)C. The van der Waals surface area contributed by atoms with Gasteiger partial charge in [0, 0.05) is 26.7 Å². The Morgan fingerprint density at radius 2 is 1.93 bits per heavy atom. The second-order valence-electron chi connectivity index (χ2n) is 3.47. The van der Waals surface area contributed by atoms with Gasteiger partial charge in [0.05, 0.1) is 13.0 Å². The van der Waals surface area contributed by atoms with E-state index in [9.17, 15) is 9.59 Å². The third kappa shape index (κ3) is 9.00. The number of hydrogen-bond donors (Lipinski definition) is 0. The van der Waals surface area contributed by atoms with Gasteiger partial charge in [0.2, 0.25) is 0 Å². The molecule has 0 aromatic carbocycles. The largest absolute Gasteiger partial charge is 0.466 e. The zero-order valence-electron chi connectivity index (χ0n) is 9.66. The van der Waals surface area contributed by atoms with Crippen LogP contribution in [0.2, 0.25) is 0 Å². The Balaban J connectivity index is 3.66. The molecule has 0 spiro atoms. The minimum Gasteiger partial charge on any atom is -0.466 e. The summed E-state index contributed by atoms with van der Waals surface area (Å²) in [5.41, 5.74) is 0. The van der Waals surface area contributed by atoms with Gasteiger partial charge in [-0.3, -0.25) is 9.59 Å². The first-order valence-corrected chi connectivity index (χ1v) is 5.09. The molecule has 0 aliphatic rings. The zero-order valence-corrected chi connectivity index (χ0v) is 9.66. The molecule has 0 bridgehead atoms. The van der Waals surface area contributed by atoms with E-state index in [0.29, 0.717) is 6.61 Å². The molecule has 4 heteroatoms. The second kappa shape index (κ2) is 8.03. The van der Waals surface area contributed by atoms with Crippen LogP contribution in [0.1, 0.15) is 26.2 Å². The number of ketones is 1. The van der Waals surface area contributed by atoms with E-state index in [1.54, 1.807) is 11.1 Å². The maximum Gasteiger partial charge on any atom is 0.306 e. The molecule has 0 aliphatic carbocycles. The van der Waals surface area contributed by atoms with Crippen LogP contribution >= 0.6 is 0 Å². The fourth-order valence-electron chi connectivity index (χ4n) is 0.829. The fraction of sp³-hybridized carbons (Fsp3) is 0.636. The predicted octanol–water partition coefficient (Wildman–Crippen LogP) is 1.36. The van der Waals surface area contributed by atoms with E-state index in [1.165, 1.54) is 6.08 Å². The van der Waals surface area contributed by atoms with Crippen molar-refractivity contribution in [1.29, 1.82) is 0 Å². The van der Waals surface area contributed by atoms with Crippen LogP contribution in [0, 0.1) is 0 Å². The molecule has 4 nitrogen and oxygen atoms in total. The molecular formula is C11H19NO3. The normalized spacial score (nSPS) is 10.3. The van der Waals surface area contributed by atoms with E-state index < -0.39 is 0 Å². The van der Waals surface area contributed by atoms with Crippen molar-refractivity contribution in [2.75, 3.05) is 20.7 Å². The Bertz CT molecular complexity index is 234. The van der Waals surface area contributed by atoms with E-state index in [0.717, 1.165) is 6.42 Å². The molecule has 0 rings (SSSR count). The van der Waals surface area contributed by atoms with Crippen molar-refractivity contribution in [3.63, 3.8) is 0 Å². The molecule has 0 aromatic heterocycles. The highest BCUT2D eigenvalue weighted by molar-refractivity contribution is 5.91. The Kier molecular flexibility index (Phi) is 7.32. The molecule has 0 unspecified atom stereocenters. The van der Waals surface area contributed by atoms with Crippen LogP contribution in [-0.4, -0.2) is 37.4 Å². The number of rotatable bonds is 7. The van der Waals surface area contributed by atoms with Crippen molar-refractivity contribution >= 4 is 11.8 Å². The van der Waals surface area contributed by atoms with E-state index in [1.807, 2.05) is 21.0 Å². The Labute approximate surface area is 90.9 Å². The number of allylic oxidation sites excluding steroid dienone is 1. The molecule has 0 saturated heterocycles. The number of carbonyl (C=O) groups excluding carboxylic acids is 2. The maximum absolute atomic E-state index is 11.2. The smallest absolute Gasteiger partial charge is 0.306 e. The topological polar surface area (TPSA) is 46.6 Å². The number of esters is 1. The summed E-state index contributed by atoms with van der Waals surface area (Å²) in [5.74, 6) is -0.361. The quantitative estimate of drug-likeness (QED) is 0.473. The van der Waals surface area contributed by atoms with E-state index >= 15 is 0 Å². The monoisotopic (exact) mass is 213 g/mol. The van der Waals surface area contributed by atoms with Crippen LogP contribution in [0.15, 0.2) is 12.3 Å². The Morgan fingerprint density at radius 3 is 2.47 bits per heavy atom. The maximum atomic E-state index is 11.2. The van der Waals surface area contributed by atoms with Crippen LogP contribution in [0.25, 0.3) is 0 Å². The molecule has 0 heterocycles. The Morgan fingerprint density at radius 1 is 1.27 bits per heavy atom. The lowest BCUT2D eigenvalue weighted by Gasteiger charge is -2.03. The van der Waals surface area contributed by atoms with E-state index in [4.69, 9.17) is 4.74 Å². The summed E-state index contributed by atoms with van der Waals surface area (Å²) in [6.45, 7) is 2.36. The molecule has 0 saturated carbocycles. The first kappa shape index (κ1) is 13.7. The summed E-state index contributed by atoms with van der Waals surface area (Å²) in [5, 5.41) is 0. The molecule has 86 valence electrons. The van der Waals surface area contributed by atoms with Gasteiger partial charge in [0.1, 0.15) is 0 Å². The van der Waals surface area contributed by atoms with Gasteiger partial charge in [-0.1, -0.05) is 6.92 Å². The van der Waals surface area contributed by atoms with Crippen LogP contribution in [0.5, 0.6) is 0 Å². The van der Waals surface area contributed by atoms with Gasteiger partial charge in [0.15, 0.2) is 5.78 Å². The average molecular weight is 213 g/mol. The average Bonchev–Trinajstić information content (AvgIpc) is 2.20. The lowest BCUT2D eigenvalue weighted by molar-refractivity contribution is -0.144. The lowest BCUT2D eigenvalue weighted by Crippen LogP contribution is -2.08. The number of nitrogens with zero attached hydrogens (tertiary/aromatic N) is 1. The second-order valence-corrected chi connectivity index (χ2v) is 3.47. The summed E-state index contributed by atoms with van der Waals surface area (Å²) >= 11 is 0. The minimum absolute atomic E-state index is 0.0582. The lowest BCUT2D eigenvalue weighted by atomic mass is 10.2. The van der Waals surface area contributed by atoms with Gasteiger partial charge in [-0.05, 0) is 12.5 Å². The molecule has 0 radical (unpaired) electrons. The molecule has 0 N–H and O–H groups in total. The van der Waals surface area contributed by atoms with Gasteiger partial charge in [-0.25, -0.2) is 0 Å². The first-order valence-electron chi connectivity index (χ1n) is 5.09. The molecule has 0 aliphatic heterocycles. The molecular weight excluding hydrogens is 194 g/mol. The van der Waals surface area contributed by atoms with E-state index in [2.05, 4.69) is 0 Å². The van der Waals surface area contributed by atoms with Crippen molar-refractivity contribution in [1.82, 2.24) is 4.90 Å². The van der Waals surface area contributed by atoms with Gasteiger partial charge in [-0.15, -0.1) is 0 Å². The molecule has 0 aromatic rings. The highest BCUT2D eigenvalue weighted by Crippen LogP contribution is 1.96. The van der Waals surface area contributed by atoms with Gasteiger partial charge in [0.25, 0.3) is 0 Å². The summed E-state index contributed by atoms with van der Waals surface area (Å²) in [4.78, 5) is 24.0. The predicted molar refractivity (Wildman–Crippen MR) is 58.3 cm³/mol.